The van der Waals surface area contributed by atoms with Crippen molar-refractivity contribution in [2.75, 3.05) is 0 Å². The maximum absolute atomic E-state index is 12.8. The zero-order chi connectivity index (χ0) is 22.2. The van der Waals surface area contributed by atoms with E-state index >= 15 is 0 Å². The molecular weight excluding hydrogens is 410 g/mol. The molecule has 156 valence electrons. The fourth-order valence-electron chi connectivity index (χ4n) is 3.95. The van der Waals surface area contributed by atoms with Gasteiger partial charge in [-0.1, -0.05) is 48.5 Å². The molecule has 0 saturated carbocycles. The highest BCUT2D eigenvalue weighted by molar-refractivity contribution is 5.90. The summed E-state index contributed by atoms with van der Waals surface area (Å²) in [6.07, 6.45) is 3.44. The Labute approximate surface area is 188 Å². The van der Waals surface area contributed by atoms with Crippen molar-refractivity contribution >= 4 is 22.1 Å². The molecule has 6 aromatic rings. The van der Waals surface area contributed by atoms with Gasteiger partial charge in [-0.2, -0.15) is 0 Å². The number of aromatic nitrogens is 5. The lowest BCUT2D eigenvalue weighted by atomic mass is 10.0. The van der Waals surface area contributed by atoms with E-state index in [1.54, 1.807) is 24.5 Å². The highest BCUT2D eigenvalue weighted by Gasteiger charge is 2.16. The summed E-state index contributed by atoms with van der Waals surface area (Å²) in [5.74, 6) is 0. The number of aromatic amines is 1. The first-order chi connectivity index (χ1) is 16.3. The number of H-pyrrole nitrogens is 1. The molecule has 33 heavy (non-hydrogen) atoms. The molecular formula is C27H17N5O. The molecule has 6 nitrogen and oxygen atoms in total. The first-order valence-electron chi connectivity index (χ1n) is 10.5. The van der Waals surface area contributed by atoms with Crippen LogP contribution in [0, 0.1) is 0 Å². The molecule has 0 aliphatic carbocycles. The topological polar surface area (TPSA) is 84.4 Å². The van der Waals surface area contributed by atoms with Crippen molar-refractivity contribution in [3.05, 3.63) is 108 Å². The number of nitrogens with one attached hydrogen (secondary N) is 1. The summed E-state index contributed by atoms with van der Waals surface area (Å²) in [4.78, 5) is 34.3. The van der Waals surface area contributed by atoms with Crippen LogP contribution in [0.2, 0.25) is 0 Å². The van der Waals surface area contributed by atoms with Crippen LogP contribution in [0.25, 0.3) is 55.8 Å². The molecule has 0 fully saturated rings. The molecule has 0 amide bonds. The van der Waals surface area contributed by atoms with Gasteiger partial charge in [-0.15, -0.1) is 0 Å². The number of hydrogen-bond acceptors (Lipinski definition) is 5. The molecule has 0 aliphatic heterocycles. The first-order valence-corrected chi connectivity index (χ1v) is 10.5. The van der Waals surface area contributed by atoms with E-state index in [1.165, 1.54) is 0 Å². The van der Waals surface area contributed by atoms with Crippen LogP contribution in [0.1, 0.15) is 0 Å². The Morgan fingerprint density at radius 3 is 2.30 bits per heavy atom. The Morgan fingerprint density at radius 1 is 0.636 bits per heavy atom. The van der Waals surface area contributed by atoms with Crippen LogP contribution in [-0.2, 0) is 0 Å². The Balaban J connectivity index is 1.64. The third kappa shape index (κ3) is 3.43. The van der Waals surface area contributed by atoms with Crippen LogP contribution in [0.4, 0.5) is 0 Å². The van der Waals surface area contributed by atoms with Gasteiger partial charge in [0.25, 0.3) is 5.56 Å². The summed E-state index contributed by atoms with van der Waals surface area (Å²) in [6.45, 7) is 0. The van der Waals surface area contributed by atoms with E-state index in [-0.39, 0.29) is 5.56 Å². The van der Waals surface area contributed by atoms with E-state index in [2.05, 4.69) is 21.0 Å². The zero-order valence-electron chi connectivity index (χ0n) is 17.4. The van der Waals surface area contributed by atoms with E-state index in [9.17, 15) is 4.79 Å². The maximum atomic E-state index is 12.8. The molecule has 4 heterocycles. The molecule has 0 radical (unpaired) electrons. The molecule has 6 heteroatoms. The monoisotopic (exact) mass is 427 g/mol. The van der Waals surface area contributed by atoms with E-state index in [0.717, 1.165) is 27.7 Å². The summed E-state index contributed by atoms with van der Waals surface area (Å²) < 4.78 is 0. The molecule has 0 atom stereocenters. The molecule has 0 unspecified atom stereocenters. The molecule has 0 bridgehead atoms. The summed E-state index contributed by atoms with van der Waals surface area (Å²) in [5.41, 5.74) is 6.02. The Kier molecular flexibility index (Phi) is 4.47. The second-order valence-corrected chi connectivity index (χ2v) is 7.66. The average molecular weight is 427 g/mol. The van der Waals surface area contributed by atoms with Crippen LogP contribution in [0.5, 0.6) is 0 Å². The second kappa shape index (κ2) is 7.76. The minimum absolute atomic E-state index is 0.251. The maximum Gasteiger partial charge on any atom is 0.259 e. The number of rotatable bonds is 3. The van der Waals surface area contributed by atoms with Crippen LogP contribution < -0.4 is 5.56 Å². The Hall–Kier alpha value is -4.71. The minimum atomic E-state index is -0.251. The molecule has 0 aliphatic rings. The highest BCUT2D eigenvalue weighted by Crippen LogP contribution is 2.32. The van der Waals surface area contributed by atoms with E-state index in [0.29, 0.717) is 28.1 Å². The SMILES string of the molecule is O=c1[nH]c2nc(-c3ccccc3)c(-c3ccc4ncccc4c3)nc2cc1-c1ccccn1. The second-order valence-electron chi connectivity index (χ2n) is 7.66. The minimum Gasteiger partial charge on any atom is -0.305 e. The van der Waals surface area contributed by atoms with Gasteiger partial charge < -0.3 is 4.98 Å². The van der Waals surface area contributed by atoms with Crippen molar-refractivity contribution in [2.24, 2.45) is 0 Å². The zero-order valence-corrected chi connectivity index (χ0v) is 17.4. The molecule has 0 spiro atoms. The normalized spacial score (nSPS) is 11.2. The van der Waals surface area contributed by atoms with E-state index in [4.69, 9.17) is 9.97 Å². The van der Waals surface area contributed by atoms with Crippen molar-refractivity contribution in [2.45, 2.75) is 0 Å². The van der Waals surface area contributed by atoms with Gasteiger partial charge in [0.2, 0.25) is 0 Å². The third-order valence-electron chi connectivity index (χ3n) is 5.54. The van der Waals surface area contributed by atoms with Crippen LogP contribution >= 0.6 is 0 Å². The lowest BCUT2D eigenvalue weighted by molar-refractivity contribution is 1.18. The number of benzene rings is 2. The average Bonchev–Trinajstić information content (AvgIpc) is 2.88. The fourth-order valence-corrected chi connectivity index (χ4v) is 3.95. The predicted molar refractivity (Wildman–Crippen MR) is 130 cm³/mol. The van der Waals surface area contributed by atoms with Crippen molar-refractivity contribution in [3.63, 3.8) is 0 Å². The van der Waals surface area contributed by atoms with Gasteiger partial charge in [0.15, 0.2) is 5.65 Å². The van der Waals surface area contributed by atoms with Gasteiger partial charge in [-0.05, 0) is 36.4 Å². The van der Waals surface area contributed by atoms with Gasteiger partial charge in [0.1, 0.15) is 5.52 Å². The summed E-state index contributed by atoms with van der Waals surface area (Å²) >= 11 is 0. The number of fused-ring (bicyclic) bond motifs is 2. The van der Waals surface area contributed by atoms with Gasteiger partial charge in [0, 0.05) is 28.9 Å². The van der Waals surface area contributed by atoms with Gasteiger partial charge in [-0.25, -0.2) is 9.97 Å². The molecule has 1 N–H and O–H groups in total. The molecule has 4 aromatic heterocycles. The standard InChI is InChI=1S/C27H17N5O/c33-27-20(22-10-4-5-13-29-22)16-23-26(32-27)31-24(17-7-2-1-3-8-17)25(30-23)19-11-12-21-18(15-19)9-6-14-28-21/h1-16H,(H,31,32,33). The van der Waals surface area contributed by atoms with E-state index < -0.39 is 0 Å². The van der Waals surface area contributed by atoms with Crippen molar-refractivity contribution < 1.29 is 0 Å². The fraction of sp³-hybridized carbons (Fsp3) is 0. The van der Waals surface area contributed by atoms with Crippen LogP contribution in [0.3, 0.4) is 0 Å². The highest BCUT2D eigenvalue weighted by atomic mass is 16.1. The smallest absolute Gasteiger partial charge is 0.259 e. The largest absolute Gasteiger partial charge is 0.305 e. The van der Waals surface area contributed by atoms with Gasteiger partial charge in [-0.3, -0.25) is 14.8 Å². The van der Waals surface area contributed by atoms with E-state index in [1.807, 2.05) is 66.7 Å². The van der Waals surface area contributed by atoms with Gasteiger partial charge in [0.05, 0.1) is 28.2 Å². The first kappa shape index (κ1) is 19.0. The Morgan fingerprint density at radius 2 is 1.45 bits per heavy atom. The Bertz CT molecular complexity index is 1680. The lowest BCUT2D eigenvalue weighted by Crippen LogP contribution is -2.11. The summed E-state index contributed by atoms with van der Waals surface area (Å²) in [6, 6.07) is 27.1. The van der Waals surface area contributed by atoms with Crippen LogP contribution in [-0.4, -0.2) is 24.9 Å². The molecule has 2 aromatic carbocycles. The van der Waals surface area contributed by atoms with Gasteiger partial charge >= 0.3 is 0 Å². The van der Waals surface area contributed by atoms with Crippen molar-refractivity contribution in [1.29, 1.82) is 0 Å². The quantitative estimate of drug-likeness (QED) is 0.416. The lowest BCUT2D eigenvalue weighted by Gasteiger charge is -2.12. The molecule has 6 rings (SSSR count). The number of pyridine rings is 3. The number of hydrogen-bond donors (Lipinski definition) is 1. The predicted octanol–water partition coefficient (Wildman–Crippen LogP) is 5.26. The number of nitrogens with zero attached hydrogens (tertiary/aromatic N) is 4. The third-order valence-corrected chi connectivity index (χ3v) is 5.54. The van der Waals surface area contributed by atoms with Crippen molar-refractivity contribution in [1.82, 2.24) is 24.9 Å². The van der Waals surface area contributed by atoms with Crippen molar-refractivity contribution in [3.8, 4) is 33.8 Å². The summed E-state index contributed by atoms with van der Waals surface area (Å²) in [7, 11) is 0. The molecule has 0 saturated heterocycles. The summed E-state index contributed by atoms with van der Waals surface area (Å²) in [5, 5.41) is 1.02. The van der Waals surface area contributed by atoms with Crippen LogP contribution in [0.15, 0.2) is 102 Å².